The first-order valence-electron chi connectivity index (χ1n) is 6.80. The summed E-state index contributed by atoms with van der Waals surface area (Å²) < 4.78 is 5.32. The molecule has 0 amide bonds. The summed E-state index contributed by atoms with van der Waals surface area (Å²) in [4.78, 5) is 6.79. The number of methoxy groups -OCH3 is 1. The number of piperidine rings is 1. The molecule has 1 aromatic heterocycles. The highest BCUT2D eigenvalue weighted by atomic mass is 16.5. The Kier molecular flexibility index (Phi) is 3.48. The zero-order valence-corrected chi connectivity index (χ0v) is 10.9. The molecule has 1 aromatic rings. The Labute approximate surface area is 108 Å². The number of nitrogens with zero attached hydrogens (tertiary/aromatic N) is 2. The maximum atomic E-state index is 5.32. The van der Waals surface area contributed by atoms with Crippen molar-refractivity contribution < 1.29 is 4.74 Å². The molecule has 2 atom stereocenters. The van der Waals surface area contributed by atoms with Gasteiger partial charge in [0, 0.05) is 37.4 Å². The van der Waals surface area contributed by atoms with Gasteiger partial charge in [0.2, 0.25) is 5.88 Å². The van der Waals surface area contributed by atoms with Crippen LogP contribution in [0.15, 0.2) is 18.3 Å². The normalized spacial score (nSPS) is 28.1. The minimum Gasteiger partial charge on any atom is -0.481 e. The van der Waals surface area contributed by atoms with Gasteiger partial charge in [-0.15, -0.1) is 0 Å². The second-order valence-corrected chi connectivity index (χ2v) is 5.33. The molecule has 4 nitrogen and oxygen atoms in total. The number of rotatable bonds is 3. The molecule has 98 valence electrons. The lowest BCUT2D eigenvalue weighted by Gasteiger charge is -2.24. The summed E-state index contributed by atoms with van der Waals surface area (Å²) in [5.74, 6) is 1.60. The predicted molar refractivity (Wildman–Crippen MR) is 70.6 cm³/mol. The molecule has 0 aromatic carbocycles. The second kappa shape index (κ2) is 5.24. The largest absolute Gasteiger partial charge is 0.481 e. The van der Waals surface area contributed by atoms with Crippen molar-refractivity contribution in [1.82, 2.24) is 15.2 Å². The van der Waals surface area contributed by atoms with E-state index in [1.54, 1.807) is 13.3 Å². The summed E-state index contributed by atoms with van der Waals surface area (Å²) in [6, 6.07) is 4.79. The molecular formula is C14H21N3O. The lowest BCUT2D eigenvalue weighted by molar-refractivity contribution is 0.303. The van der Waals surface area contributed by atoms with E-state index in [1.807, 2.05) is 6.07 Å². The highest BCUT2D eigenvalue weighted by molar-refractivity contribution is 5.25. The Hall–Kier alpha value is -1.13. The van der Waals surface area contributed by atoms with Crippen molar-refractivity contribution in [3.05, 3.63) is 23.9 Å². The van der Waals surface area contributed by atoms with Crippen molar-refractivity contribution in [2.24, 2.45) is 5.92 Å². The van der Waals surface area contributed by atoms with E-state index in [-0.39, 0.29) is 0 Å². The Morgan fingerprint density at radius 1 is 1.50 bits per heavy atom. The van der Waals surface area contributed by atoms with Gasteiger partial charge in [-0.1, -0.05) is 6.07 Å². The van der Waals surface area contributed by atoms with Crippen LogP contribution in [0.5, 0.6) is 5.88 Å². The van der Waals surface area contributed by atoms with Gasteiger partial charge in [-0.3, -0.25) is 4.90 Å². The molecule has 2 fully saturated rings. The van der Waals surface area contributed by atoms with Crippen molar-refractivity contribution in [3.63, 3.8) is 0 Å². The van der Waals surface area contributed by atoms with E-state index in [0.29, 0.717) is 6.04 Å². The van der Waals surface area contributed by atoms with Gasteiger partial charge in [0.15, 0.2) is 0 Å². The Bertz CT molecular complexity index is 396. The van der Waals surface area contributed by atoms with Crippen LogP contribution in [0.3, 0.4) is 0 Å². The van der Waals surface area contributed by atoms with E-state index in [9.17, 15) is 0 Å². The quantitative estimate of drug-likeness (QED) is 0.873. The molecule has 0 radical (unpaired) electrons. The van der Waals surface area contributed by atoms with E-state index < -0.39 is 0 Å². The molecule has 18 heavy (non-hydrogen) atoms. The first kappa shape index (κ1) is 11.9. The molecule has 0 saturated carbocycles. The molecule has 4 heteroatoms. The smallest absolute Gasteiger partial charge is 0.217 e. The van der Waals surface area contributed by atoms with E-state index >= 15 is 0 Å². The molecule has 3 heterocycles. The van der Waals surface area contributed by atoms with Gasteiger partial charge in [-0.2, -0.15) is 0 Å². The summed E-state index contributed by atoms with van der Waals surface area (Å²) in [6.07, 6.45) is 4.48. The number of ether oxygens (including phenoxy) is 1. The average Bonchev–Trinajstić information content (AvgIpc) is 2.81. The fraction of sp³-hybridized carbons (Fsp3) is 0.643. The number of hydrogen-bond donors (Lipinski definition) is 1. The number of likely N-dealkylation sites (tertiary alicyclic amines) is 1. The Morgan fingerprint density at radius 3 is 3.28 bits per heavy atom. The topological polar surface area (TPSA) is 37.4 Å². The average molecular weight is 247 g/mol. The molecule has 2 aliphatic heterocycles. The van der Waals surface area contributed by atoms with Crippen LogP contribution in [-0.4, -0.2) is 42.7 Å². The van der Waals surface area contributed by atoms with Gasteiger partial charge < -0.3 is 10.1 Å². The second-order valence-electron chi connectivity index (χ2n) is 5.33. The van der Waals surface area contributed by atoms with E-state index in [1.165, 1.54) is 31.5 Å². The summed E-state index contributed by atoms with van der Waals surface area (Å²) in [6.45, 7) is 4.50. The first-order valence-corrected chi connectivity index (χ1v) is 6.80. The van der Waals surface area contributed by atoms with Crippen LogP contribution in [0.2, 0.25) is 0 Å². The molecule has 0 bridgehead atoms. The number of nitrogens with one attached hydrogen (secondary N) is 1. The summed E-state index contributed by atoms with van der Waals surface area (Å²) in [5, 5.41) is 3.64. The van der Waals surface area contributed by atoms with Crippen LogP contribution in [-0.2, 0) is 6.54 Å². The lowest BCUT2D eigenvalue weighted by Crippen LogP contribution is -2.40. The van der Waals surface area contributed by atoms with Crippen molar-refractivity contribution in [2.75, 3.05) is 26.7 Å². The van der Waals surface area contributed by atoms with Crippen LogP contribution in [0.25, 0.3) is 0 Å². The zero-order valence-electron chi connectivity index (χ0n) is 10.9. The molecular weight excluding hydrogens is 226 g/mol. The fourth-order valence-electron chi connectivity index (χ4n) is 3.23. The predicted octanol–water partition coefficient (Wildman–Crippen LogP) is 1.27. The number of pyridine rings is 1. The molecule has 0 aliphatic carbocycles. The lowest BCUT2D eigenvalue weighted by atomic mass is 9.94. The molecule has 0 spiro atoms. The minimum absolute atomic E-state index is 0.696. The van der Waals surface area contributed by atoms with Gasteiger partial charge >= 0.3 is 0 Å². The number of hydrogen-bond acceptors (Lipinski definition) is 4. The van der Waals surface area contributed by atoms with Crippen molar-refractivity contribution in [2.45, 2.75) is 25.4 Å². The van der Waals surface area contributed by atoms with Crippen LogP contribution < -0.4 is 10.1 Å². The molecule has 2 aliphatic rings. The molecule has 2 saturated heterocycles. The van der Waals surface area contributed by atoms with Crippen molar-refractivity contribution >= 4 is 0 Å². The van der Waals surface area contributed by atoms with Crippen LogP contribution >= 0.6 is 0 Å². The number of fused-ring (bicyclic) bond motifs is 1. The highest BCUT2D eigenvalue weighted by Crippen LogP contribution is 2.27. The summed E-state index contributed by atoms with van der Waals surface area (Å²) in [5.41, 5.74) is 1.19. The maximum absolute atomic E-state index is 5.32. The minimum atomic E-state index is 0.696. The first-order chi connectivity index (χ1) is 8.86. The highest BCUT2D eigenvalue weighted by Gasteiger charge is 2.34. The third-order valence-electron chi connectivity index (χ3n) is 4.11. The van der Waals surface area contributed by atoms with Gasteiger partial charge in [0.1, 0.15) is 0 Å². The van der Waals surface area contributed by atoms with Gasteiger partial charge in [-0.05, 0) is 31.4 Å². The fourth-order valence-corrected chi connectivity index (χ4v) is 3.23. The summed E-state index contributed by atoms with van der Waals surface area (Å²) in [7, 11) is 1.69. The molecule has 1 N–H and O–H groups in total. The van der Waals surface area contributed by atoms with Crippen LogP contribution in [0.4, 0.5) is 0 Å². The van der Waals surface area contributed by atoms with Gasteiger partial charge in [0.05, 0.1) is 7.11 Å². The number of aromatic nitrogens is 1. The van der Waals surface area contributed by atoms with Crippen LogP contribution in [0, 0.1) is 5.92 Å². The summed E-state index contributed by atoms with van der Waals surface area (Å²) >= 11 is 0. The Morgan fingerprint density at radius 2 is 2.44 bits per heavy atom. The van der Waals surface area contributed by atoms with Gasteiger partial charge in [0.25, 0.3) is 0 Å². The van der Waals surface area contributed by atoms with E-state index in [4.69, 9.17) is 4.74 Å². The zero-order chi connectivity index (χ0) is 12.4. The molecule has 3 rings (SSSR count). The van der Waals surface area contributed by atoms with E-state index in [2.05, 4.69) is 21.3 Å². The third-order valence-corrected chi connectivity index (χ3v) is 4.11. The third kappa shape index (κ3) is 2.35. The van der Waals surface area contributed by atoms with Crippen LogP contribution in [0.1, 0.15) is 18.4 Å². The van der Waals surface area contributed by atoms with Crippen molar-refractivity contribution in [1.29, 1.82) is 0 Å². The SMILES string of the molecule is COc1ncccc1CN1CC2CCCNC2C1. The Balaban J connectivity index is 1.66. The van der Waals surface area contributed by atoms with Crippen molar-refractivity contribution in [3.8, 4) is 5.88 Å². The standard InChI is InChI=1S/C14H21N3O/c1-18-14-12(5-3-7-16-14)9-17-8-11-4-2-6-15-13(11)10-17/h3,5,7,11,13,15H,2,4,6,8-10H2,1H3. The molecule has 2 unspecified atom stereocenters. The maximum Gasteiger partial charge on any atom is 0.217 e. The van der Waals surface area contributed by atoms with Gasteiger partial charge in [-0.25, -0.2) is 4.98 Å². The van der Waals surface area contributed by atoms with E-state index in [0.717, 1.165) is 24.9 Å². The monoisotopic (exact) mass is 247 g/mol.